The van der Waals surface area contributed by atoms with E-state index in [4.69, 9.17) is 4.74 Å². The molecule has 0 spiro atoms. The number of benzene rings is 1. The van der Waals surface area contributed by atoms with Crippen molar-refractivity contribution in [3.8, 4) is 5.75 Å². The number of methoxy groups -OCH3 is 2. The first-order valence-corrected chi connectivity index (χ1v) is 8.39. The Hall–Kier alpha value is -1.25. The van der Waals surface area contributed by atoms with Crippen LogP contribution in [0.15, 0.2) is 32.5 Å². The van der Waals surface area contributed by atoms with E-state index in [9.17, 15) is 4.79 Å². The molecule has 0 atom stereocenters. The Bertz CT molecular complexity index is 634. The molecule has 1 aromatic carbocycles. The van der Waals surface area contributed by atoms with Gasteiger partial charge in [-0.25, -0.2) is 4.98 Å². The molecule has 0 saturated carbocycles. The average Bonchev–Trinajstić information content (AvgIpc) is 2.91. The summed E-state index contributed by atoms with van der Waals surface area (Å²) in [6.07, 6.45) is 0.222. The van der Waals surface area contributed by atoms with E-state index in [0.717, 1.165) is 20.2 Å². The van der Waals surface area contributed by atoms with Crippen LogP contribution < -0.4 is 9.46 Å². The number of anilines is 1. The number of aromatic nitrogens is 1. The third-order valence-corrected chi connectivity index (χ3v) is 4.82. The summed E-state index contributed by atoms with van der Waals surface area (Å²) in [7, 11) is 2.96. The van der Waals surface area contributed by atoms with Gasteiger partial charge in [0.2, 0.25) is 0 Å². The molecule has 0 amide bonds. The van der Waals surface area contributed by atoms with Gasteiger partial charge in [-0.2, -0.15) is 0 Å². The molecule has 0 unspecified atom stereocenters. The van der Waals surface area contributed by atoms with Gasteiger partial charge in [0.25, 0.3) is 0 Å². The molecule has 0 fully saturated rings. The Morgan fingerprint density at radius 3 is 2.90 bits per heavy atom. The minimum Gasteiger partial charge on any atom is -0.495 e. The summed E-state index contributed by atoms with van der Waals surface area (Å²) in [5.41, 5.74) is 1.66. The summed E-state index contributed by atoms with van der Waals surface area (Å²) >= 11 is 6.24. The zero-order valence-corrected chi connectivity index (χ0v) is 14.6. The number of halogens is 1. The number of ether oxygens (including phenoxy) is 2. The number of carbonyl (C=O) groups excluding carboxylic acids is 1. The first-order valence-electron chi connectivity index (χ1n) is 5.90. The van der Waals surface area contributed by atoms with Gasteiger partial charge in [0, 0.05) is 17.3 Å². The average molecular weight is 389 g/mol. The van der Waals surface area contributed by atoms with Crippen molar-refractivity contribution in [2.75, 3.05) is 18.9 Å². The summed E-state index contributed by atoms with van der Waals surface area (Å²) in [6.45, 7) is 0. The number of hydrogen-bond donors (Lipinski definition) is 1. The number of esters is 1. The fourth-order valence-corrected chi connectivity index (χ4v) is 3.47. The summed E-state index contributed by atoms with van der Waals surface area (Å²) < 4.78 is 14.0. The van der Waals surface area contributed by atoms with Crippen LogP contribution in [0.4, 0.5) is 5.69 Å². The second-order valence-corrected chi connectivity index (χ2v) is 6.89. The molecule has 0 bridgehead atoms. The molecule has 5 nitrogen and oxygen atoms in total. The van der Waals surface area contributed by atoms with Crippen molar-refractivity contribution in [2.24, 2.45) is 0 Å². The lowest BCUT2D eigenvalue weighted by Crippen LogP contribution is -2.05. The normalized spacial score (nSPS) is 10.2. The fraction of sp³-hybridized carbons (Fsp3) is 0.231. The van der Waals surface area contributed by atoms with Crippen molar-refractivity contribution < 1.29 is 14.3 Å². The Kier molecular flexibility index (Phi) is 5.89. The highest BCUT2D eigenvalue weighted by molar-refractivity contribution is 9.11. The van der Waals surface area contributed by atoms with Gasteiger partial charge >= 0.3 is 5.97 Å². The van der Waals surface area contributed by atoms with E-state index < -0.39 is 0 Å². The summed E-state index contributed by atoms with van der Waals surface area (Å²) in [6, 6.07) is 5.54. The van der Waals surface area contributed by atoms with Crippen molar-refractivity contribution in [2.45, 2.75) is 11.4 Å². The van der Waals surface area contributed by atoms with Crippen LogP contribution in [0.25, 0.3) is 0 Å². The highest BCUT2D eigenvalue weighted by Gasteiger charge is 2.09. The molecule has 1 N–H and O–H groups in total. The number of hydrogen-bond acceptors (Lipinski definition) is 7. The van der Waals surface area contributed by atoms with Gasteiger partial charge in [-0.15, -0.1) is 11.3 Å². The van der Waals surface area contributed by atoms with E-state index in [1.54, 1.807) is 7.11 Å². The van der Waals surface area contributed by atoms with E-state index in [-0.39, 0.29) is 12.4 Å². The van der Waals surface area contributed by atoms with Gasteiger partial charge in [-0.1, -0.05) is 6.07 Å². The number of nitrogens with zero attached hydrogens (tertiary/aromatic N) is 1. The van der Waals surface area contributed by atoms with Gasteiger partial charge in [-0.05, 0) is 33.6 Å². The quantitative estimate of drug-likeness (QED) is 0.600. The second-order valence-electron chi connectivity index (χ2n) is 3.93. The van der Waals surface area contributed by atoms with Crippen LogP contribution in [-0.2, 0) is 16.0 Å². The molecule has 8 heteroatoms. The molecule has 0 radical (unpaired) electrons. The van der Waals surface area contributed by atoms with Crippen molar-refractivity contribution in [1.29, 1.82) is 0 Å². The lowest BCUT2D eigenvalue weighted by atomic mass is 10.1. The molecule has 0 aliphatic rings. The molecular formula is C13H13BrN2O3S2. The minimum atomic E-state index is -0.278. The Labute approximate surface area is 139 Å². The topological polar surface area (TPSA) is 60.5 Å². The molecule has 2 rings (SSSR count). The van der Waals surface area contributed by atoms with E-state index in [1.807, 2.05) is 23.6 Å². The maximum Gasteiger partial charge on any atom is 0.309 e. The van der Waals surface area contributed by atoms with Gasteiger partial charge < -0.3 is 14.2 Å². The number of carbonyl (C=O) groups is 1. The van der Waals surface area contributed by atoms with Crippen LogP contribution in [0.3, 0.4) is 0 Å². The summed E-state index contributed by atoms with van der Waals surface area (Å²) in [4.78, 5) is 15.6. The zero-order valence-electron chi connectivity index (χ0n) is 11.4. The van der Waals surface area contributed by atoms with Crippen LogP contribution in [-0.4, -0.2) is 25.2 Å². The fourth-order valence-electron chi connectivity index (χ4n) is 1.56. The third kappa shape index (κ3) is 4.62. The SMILES string of the molecule is COC(=O)Cc1ccc(NSc2csc(Br)n2)c(OC)c1. The van der Waals surface area contributed by atoms with Crippen molar-refractivity contribution in [3.05, 3.63) is 33.1 Å². The molecule has 21 heavy (non-hydrogen) atoms. The van der Waals surface area contributed by atoms with Gasteiger partial charge in [0.1, 0.15) is 10.8 Å². The van der Waals surface area contributed by atoms with E-state index in [2.05, 4.69) is 30.4 Å². The summed E-state index contributed by atoms with van der Waals surface area (Å²) in [5, 5.41) is 2.81. The maximum atomic E-state index is 11.3. The molecule has 0 aliphatic heterocycles. The standard InChI is InChI=1S/C13H13BrN2O3S2/c1-18-10-5-8(6-12(17)19-2)3-4-9(10)16-21-11-7-20-13(14)15-11/h3-5,7,16H,6H2,1-2H3. The van der Waals surface area contributed by atoms with Crippen molar-refractivity contribution in [3.63, 3.8) is 0 Å². The lowest BCUT2D eigenvalue weighted by molar-refractivity contribution is -0.139. The van der Waals surface area contributed by atoms with Crippen LogP contribution in [0, 0.1) is 0 Å². The highest BCUT2D eigenvalue weighted by Crippen LogP contribution is 2.31. The highest BCUT2D eigenvalue weighted by atomic mass is 79.9. The van der Waals surface area contributed by atoms with Crippen molar-refractivity contribution >= 4 is 50.9 Å². The van der Waals surface area contributed by atoms with Crippen LogP contribution >= 0.6 is 39.2 Å². The zero-order chi connectivity index (χ0) is 15.2. The van der Waals surface area contributed by atoms with E-state index in [0.29, 0.717) is 5.75 Å². The van der Waals surface area contributed by atoms with E-state index in [1.165, 1.54) is 30.4 Å². The van der Waals surface area contributed by atoms with Crippen LogP contribution in [0.1, 0.15) is 5.56 Å². The third-order valence-electron chi connectivity index (χ3n) is 2.56. The van der Waals surface area contributed by atoms with E-state index >= 15 is 0 Å². The molecule has 1 heterocycles. The molecule has 0 aliphatic carbocycles. The first kappa shape index (κ1) is 16.1. The maximum absolute atomic E-state index is 11.3. The van der Waals surface area contributed by atoms with Crippen LogP contribution in [0.5, 0.6) is 5.75 Å². The minimum absolute atomic E-state index is 0.222. The largest absolute Gasteiger partial charge is 0.495 e. The molecule has 0 saturated heterocycles. The van der Waals surface area contributed by atoms with Gasteiger partial charge in [-0.3, -0.25) is 4.79 Å². The second kappa shape index (κ2) is 7.67. The number of thiazole rings is 1. The number of nitrogens with one attached hydrogen (secondary N) is 1. The Morgan fingerprint density at radius 1 is 1.48 bits per heavy atom. The monoisotopic (exact) mass is 388 g/mol. The van der Waals surface area contributed by atoms with Gasteiger partial charge in [0.15, 0.2) is 3.92 Å². The molecule has 112 valence electrons. The molecular weight excluding hydrogens is 376 g/mol. The molecule has 1 aromatic heterocycles. The van der Waals surface area contributed by atoms with Gasteiger partial charge in [0.05, 0.1) is 26.3 Å². The van der Waals surface area contributed by atoms with Crippen molar-refractivity contribution in [1.82, 2.24) is 4.98 Å². The smallest absolute Gasteiger partial charge is 0.309 e. The Morgan fingerprint density at radius 2 is 2.29 bits per heavy atom. The predicted molar refractivity (Wildman–Crippen MR) is 88.0 cm³/mol. The Balaban J connectivity index is 2.07. The summed E-state index contributed by atoms with van der Waals surface area (Å²) in [5.74, 6) is 0.387. The molecule has 2 aromatic rings. The first-order chi connectivity index (χ1) is 10.1. The number of rotatable bonds is 6. The predicted octanol–water partition coefficient (Wildman–Crippen LogP) is 3.75. The van der Waals surface area contributed by atoms with Crippen LogP contribution in [0.2, 0.25) is 0 Å². The lowest BCUT2D eigenvalue weighted by Gasteiger charge is -2.11.